The highest BCUT2D eigenvalue weighted by Crippen LogP contribution is 2.14. The van der Waals surface area contributed by atoms with Gasteiger partial charge in [-0.1, -0.05) is 31.5 Å². The van der Waals surface area contributed by atoms with Gasteiger partial charge < -0.3 is 19.7 Å². The summed E-state index contributed by atoms with van der Waals surface area (Å²) in [6.45, 7) is 8.35. The number of hydrogen-bond donors (Lipinski definition) is 1. The number of alkyl carbamates (subject to hydrolysis) is 1. The van der Waals surface area contributed by atoms with Crippen LogP contribution in [-0.2, 0) is 9.53 Å². The molecule has 2 amide bonds. The molecule has 2 rings (SSSR count). The molecule has 1 aliphatic heterocycles. The number of benzene rings is 1. The normalized spacial score (nSPS) is 14.9. The Hall–Kier alpha value is -2.24. The van der Waals surface area contributed by atoms with E-state index in [0.29, 0.717) is 45.1 Å². The van der Waals surface area contributed by atoms with Crippen LogP contribution in [0.4, 0.5) is 4.79 Å². The molecule has 6 nitrogen and oxygen atoms in total. The zero-order chi connectivity index (χ0) is 19.6. The van der Waals surface area contributed by atoms with E-state index < -0.39 is 0 Å². The van der Waals surface area contributed by atoms with E-state index >= 15 is 0 Å². The van der Waals surface area contributed by atoms with E-state index in [2.05, 4.69) is 5.32 Å². The van der Waals surface area contributed by atoms with Crippen molar-refractivity contribution in [2.45, 2.75) is 52.5 Å². The summed E-state index contributed by atoms with van der Waals surface area (Å²) >= 11 is 0. The van der Waals surface area contributed by atoms with Gasteiger partial charge in [0.1, 0.15) is 5.75 Å². The van der Waals surface area contributed by atoms with Crippen LogP contribution < -0.4 is 10.1 Å². The van der Waals surface area contributed by atoms with Crippen LogP contribution in [-0.4, -0.2) is 49.2 Å². The Labute approximate surface area is 162 Å². The average molecular weight is 376 g/mol. The fourth-order valence-electron chi connectivity index (χ4n) is 2.93. The summed E-state index contributed by atoms with van der Waals surface area (Å²) in [7, 11) is 0. The quantitative estimate of drug-likeness (QED) is 0.705. The van der Waals surface area contributed by atoms with E-state index in [4.69, 9.17) is 9.47 Å². The van der Waals surface area contributed by atoms with Crippen molar-refractivity contribution in [1.29, 1.82) is 0 Å². The number of amides is 2. The predicted molar refractivity (Wildman–Crippen MR) is 105 cm³/mol. The van der Waals surface area contributed by atoms with Crippen LogP contribution in [0.15, 0.2) is 24.3 Å². The smallest absolute Gasteiger partial charge is 0.407 e. The largest absolute Gasteiger partial charge is 0.494 e. The first-order chi connectivity index (χ1) is 12.9. The molecule has 0 aliphatic carbocycles. The molecule has 0 saturated carbocycles. The Morgan fingerprint density at radius 1 is 1.19 bits per heavy atom. The second kappa shape index (κ2) is 10.8. The highest BCUT2D eigenvalue weighted by Gasteiger charge is 2.24. The summed E-state index contributed by atoms with van der Waals surface area (Å²) in [4.78, 5) is 25.9. The Bertz CT molecular complexity index is 593. The lowest BCUT2D eigenvalue weighted by Crippen LogP contribution is -2.46. The lowest BCUT2D eigenvalue weighted by Gasteiger charge is -2.32. The standard InChI is InChI=1S/C21H32N2O4/c1-16(2)15-27-21(25)22-18-10-12-23(13-11-18)20(24)5-4-14-26-19-8-6-17(3)7-9-19/h6-9,16,18H,4-5,10-15H2,1-3H3,(H,22,25). The molecule has 0 unspecified atom stereocenters. The molecule has 6 heteroatoms. The summed E-state index contributed by atoms with van der Waals surface area (Å²) in [6, 6.07) is 8.00. The molecule has 27 heavy (non-hydrogen) atoms. The molecule has 1 aromatic rings. The van der Waals surface area contributed by atoms with Crippen LogP contribution in [0.3, 0.4) is 0 Å². The SMILES string of the molecule is Cc1ccc(OCCCC(=O)N2CCC(NC(=O)OCC(C)C)CC2)cc1. The Balaban J connectivity index is 1.59. The maximum Gasteiger partial charge on any atom is 0.407 e. The third-order valence-electron chi connectivity index (χ3n) is 4.54. The summed E-state index contributed by atoms with van der Waals surface area (Å²) < 4.78 is 10.8. The number of piperidine rings is 1. The molecule has 0 aromatic heterocycles. The molecule has 1 heterocycles. The number of nitrogens with one attached hydrogen (secondary N) is 1. The zero-order valence-electron chi connectivity index (χ0n) is 16.7. The first-order valence-electron chi connectivity index (χ1n) is 9.84. The number of hydrogen-bond acceptors (Lipinski definition) is 4. The minimum absolute atomic E-state index is 0.0820. The first kappa shape index (κ1) is 21.1. The van der Waals surface area contributed by atoms with Gasteiger partial charge in [0.25, 0.3) is 0 Å². The minimum Gasteiger partial charge on any atom is -0.494 e. The molecule has 1 aliphatic rings. The van der Waals surface area contributed by atoms with Gasteiger partial charge in [0.2, 0.25) is 5.91 Å². The first-order valence-corrected chi connectivity index (χ1v) is 9.84. The van der Waals surface area contributed by atoms with Crippen LogP contribution in [0.25, 0.3) is 0 Å². The van der Waals surface area contributed by atoms with Gasteiger partial charge in [0, 0.05) is 25.6 Å². The number of likely N-dealkylation sites (tertiary alicyclic amines) is 1. The molecule has 1 aromatic carbocycles. The minimum atomic E-state index is -0.360. The number of carbonyl (C=O) groups excluding carboxylic acids is 2. The second-order valence-corrected chi connectivity index (χ2v) is 7.56. The van der Waals surface area contributed by atoms with Crippen molar-refractivity contribution < 1.29 is 19.1 Å². The molecular weight excluding hydrogens is 344 g/mol. The van der Waals surface area contributed by atoms with E-state index in [-0.39, 0.29) is 18.0 Å². The third kappa shape index (κ3) is 7.89. The fourth-order valence-corrected chi connectivity index (χ4v) is 2.93. The Morgan fingerprint density at radius 3 is 2.48 bits per heavy atom. The average Bonchev–Trinajstić information content (AvgIpc) is 2.65. The van der Waals surface area contributed by atoms with Gasteiger partial charge in [0.15, 0.2) is 0 Å². The highest BCUT2D eigenvalue weighted by atomic mass is 16.5. The maximum atomic E-state index is 12.3. The lowest BCUT2D eigenvalue weighted by atomic mass is 10.0. The van der Waals surface area contributed by atoms with Gasteiger partial charge >= 0.3 is 6.09 Å². The van der Waals surface area contributed by atoms with E-state index in [1.54, 1.807) is 0 Å². The number of ether oxygens (including phenoxy) is 2. The second-order valence-electron chi connectivity index (χ2n) is 7.56. The van der Waals surface area contributed by atoms with Gasteiger partial charge in [-0.2, -0.15) is 0 Å². The monoisotopic (exact) mass is 376 g/mol. The van der Waals surface area contributed by atoms with Crippen LogP contribution in [0, 0.1) is 12.8 Å². The Morgan fingerprint density at radius 2 is 1.85 bits per heavy atom. The summed E-state index contributed by atoms with van der Waals surface area (Å²) in [5.74, 6) is 1.32. The van der Waals surface area contributed by atoms with Crippen molar-refractivity contribution in [2.75, 3.05) is 26.3 Å². The summed E-state index contributed by atoms with van der Waals surface area (Å²) in [5, 5.41) is 2.89. The number of rotatable bonds is 8. The third-order valence-corrected chi connectivity index (χ3v) is 4.54. The van der Waals surface area contributed by atoms with E-state index in [1.807, 2.05) is 49.9 Å². The zero-order valence-corrected chi connectivity index (χ0v) is 16.7. The van der Waals surface area contributed by atoms with E-state index in [9.17, 15) is 9.59 Å². The summed E-state index contributed by atoms with van der Waals surface area (Å²) in [6.07, 6.45) is 2.36. The van der Waals surface area contributed by atoms with Gasteiger partial charge in [-0.15, -0.1) is 0 Å². The van der Waals surface area contributed by atoms with Crippen molar-refractivity contribution >= 4 is 12.0 Å². The number of carbonyl (C=O) groups is 2. The van der Waals surface area contributed by atoms with Crippen LogP contribution in [0.1, 0.15) is 45.1 Å². The molecule has 0 bridgehead atoms. The molecular formula is C21H32N2O4. The number of nitrogens with zero attached hydrogens (tertiary/aromatic N) is 1. The molecule has 0 atom stereocenters. The van der Waals surface area contributed by atoms with Gasteiger partial charge in [0.05, 0.1) is 13.2 Å². The molecule has 1 saturated heterocycles. The van der Waals surface area contributed by atoms with Crippen molar-refractivity contribution in [1.82, 2.24) is 10.2 Å². The van der Waals surface area contributed by atoms with Crippen molar-refractivity contribution in [2.24, 2.45) is 5.92 Å². The van der Waals surface area contributed by atoms with E-state index in [0.717, 1.165) is 18.6 Å². The number of aryl methyl sites for hydroxylation is 1. The molecule has 0 radical (unpaired) electrons. The van der Waals surface area contributed by atoms with Gasteiger partial charge in [-0.25, -0.2) is 4.79 Å². The van der Waals surface area contributed by atoms with Gasteiger partial charge in [-0.05, 0) is 44.2 Å². The van der Waals surface area contributed by atoms with Crippen molar-refractivity contribution in [3.8, 4) is 5.75 Å². The van der Waals surface area contributed by atoms with Crippen molar-refractivity contribution in [3.63, 3.8) is 0 Å². The predicted octanol–water partition coefficient (Wildman–Crippen LogP) is 3.53. The van der Waals surface area contributed by atoms with E-state index in [1.165, 1.54) is 5.56 Å². The fraction of sp³-hybridized carbons (Fsp3) is 0.619. The maximum absolute atomic E-state index is 12.3. The summed E-state index contributed by atoms with van der Waals surface area (Å²) in [5.41, 5.74) is 1.20. The van der Waals surface area contributed by atoms with Crippen LogP contribution >= 0.6 is 0 Å². The van der Waals surface area contributed by atoms with Crippen LogP contribution in [0.2, 0.25) is 0 Å². The highest BCUT2D eigenvalue weighted by molar-refractivity contribution is 5.76. The molecule has 1 fully saturated rings. The van der Waals surface area contributed by atoms with Crippen molar-refractivity contribution in [3.05, 3.63) is 29.8 Å². The molecule has 1 N–H and O–H groups in total. The molecule has 0 spiro atoms. The molecule has 150 valence electrons. The van der Waals surface area contributed by atoms with Gasteiger partial charge in [-0.3, -0.25) is 4.79 Å². The van der Waals surface area contributed by atoms with Crippen LogP contribution in [0.5, 0.6) is 5.75 Å². The Kier molecular flexibility index (Phi) is 8.43. The topological polar surface area (TPSA) is 67.9 Å². The lowest BCUT2D eigenvalue weighted by molar-refractivity contribution is -0.132.